The van der Waals surface area contributed by atoms with Crippen LogP contribution in [0.15, 0.2) is 88.5 Å². The molecule has 3 aromatic rings. The molecule has 8 rings (SSSR count). The van der Waals surface area contributed by atoms with Gasteiger partial charge in [0, 0.05) is 31.8 Å². The van der Waals surface area contributed by atoms with Gasteiger partial charge in [0.25, 0.3) is 28.7 Å². The van der Waals surface area contributed by atoms with Gasteiger partial charge >= 0.3 is 11.7 Å². The number of esters is 1. The number of hydrogen-bond acceptors (Lipinski definition) is 21. The van der Waals surface area contributed by atoms with E-state index in [0.29, 0.717) is 24.5 Å². The number of fused-ring (bicyclic) bond motifs is 4. The third-order valence-corrected chi connectivity index (χ3v) is 13.3. The van der Waals surface area contributed by atoms with Crippen molar-refractivity contribution >= 4 is 44.3 Å². The summed E-state index contributed by atoms with van der Waals surface area (Å²) in [6.07, 6.45) is -2.19. The maximum absolute atomic E-state index is 12.6. The Morgan fingerprint density at radius 2 is 1.50 bits per heavy atom. The fraction of sp³-hybridized carbons (Fsp3) is 0.400. The fourth-order valence-corrected chi connectivity index (χ4v) is 9.91. The lowest BCUT2D eigenvalue weighted by Gasteiger charge is -2.38. The monoisotopic (exact) mass is 1070 g/mol. The zero-order valence-electron chi connectivity index (χ0n) is 39.5. The molecule has 4 saturated heterocycles. The largest absolute Gasteiger partial charge is 0.779 e. The van der Waals surface area contributed by atoms with Crippen molar-refractivity contribution in [1.29, 1.82) is 0 Å². The van der Waals surface area contributed by atoms with Gasteiger partial charge in [-0.3, -0.25) is 44.2 Å². The number of amides is 2. The first-order chi connectivity index (χ1) is 34.9. The predicted molar refractivity (Wildman–Crippen MR) is 249 cm³/mol. The number of non-ortho nitro benzene ring substituents is 1. The minimum atomic E-state index is -4.20. The molecule has 3 N–H and O–H groups in total. The quantitative estimate of drug-likeness (QED) is 0.0663. The van der Waals surface area contributed by atoms with E-state index in [9.17, 15) is 63.1 Å². The van der Waals surface area contributed by atoms with Crippen LogP contribution in [0, 0.1) is 43.9 Å². The van der Waals surface area contributed by atoms with Crippen molar-refractivity contribution in [2.45, 2.75) is 74.8 Å². The molecule has 1 aromatic heterocycles. The Morgan fingerprint density at radius 3 is 2.08 bits per heavy atom. The first kappa shape index (κ1) is 54.6. The number of nitrogens with one attached hydrogen (secondary N) is 3. The second kappa shape index (κ2) is 21.8. The molecule has 2 amide bonds. The maximum Gasteiger partial charge on any atom is 0.339 e. The molecule has 4 fully saturated rings. The number of ether oxygens (including phenoxy) is 5. The molecule has 6 heterocycles. The summed E-state index contributed by atoms with van der Waals surface area (Å²) in [4.78, 5) is 109. The van der Waals surface area contributed by atoms with Crippen LogP contribution >= 0.6 is 15.2 Å². The lowest BCUT2D eigenvalue weighted by Crippen LogP contribution is -2.49. The number of nitrogens with zero attached hydrogens (tertiary/aromatic N) is 4. The molecule has 0 aliphatic carbocycles. The highest BCUT2D eigenvalue weighted by Gasteiger charge is 2.64. The summed E-state index contributed by atoms with van der Waals surface area (Å²) in [5.74, 6) is 8.57. The Balaban J connectivity index is 0.000000219. The summed E-state index contributed by atoms with van der Waals surface area (Å²) in [5.41, 5.74) is -5.33. The van der Waals surface area contributed by atoms with Gasteiger partial charge in [0.1, 0.15) is 73.3 Å². The molecule has 2 aromatic carbocycles. The molecule has 0 saturated carbocycles. The van der Waals surface area contributed by atoms with Gasteiger partial charge in [-0.2, -0.15) is 0 Å². The molecule has 4 bridgehead atoms. The average molecular weight is 1070 g/mol. The van der Waals surface area contributed by atoms with Gasteiger partial charge in [-0.25, -0.2) is 9.59 Å². The highest BCUT2D eigenvalue weighted by Crippen LogP contribution is 2.53. The number of carbonyl (C=O) groups is 3. The van der Waals surface area contributed by atoms with Gasteiger partial charge in [-0.15, -0.1) is 0 Å². The SMILES string of the molecule is C=C1NC(=O)C(C#CCOC(=O)c2ccccc2)=CN1[C@@H]1O[C@]2(CC)CO[C@@H]1C2OP(C)(=O)[O-].CC[C@@]12CO[C@H](C1OP(C)(=O)[O-])[C@H](n1cc(C#CCNC(=O)c3ccc([N+](=O)[O-])cc3[N+](=O)[O-])c(=O)[nH]c1=O)O2. The average Bonchev–Trinajstić information content (AvgIpc) is 4.05. The number of nitro groups is 2. The first-order valence-corrected chi connectivity index (χ1v) is 26.2. The van der Waals surface area contributed by atoms with Crippen LogP contribution in [0.5, 0.6) is 0 Å². The predicted octanol–water partition coefficient (Wildman–Crippen LogP) is 0.885. The molecule has 392 valence electrons. The Kier molecular flexibility index (Phi) is 16.1. The van der Waals surface area contributed by atoms with E-state index in [4.69, 9.17) is 32.7 Å². The molecule has 0 spiro atoms. The van der Waals surface area contributed by atoms with Crippen molar-refractivity contribution in [3.63, 3.8) is 0 Å². The van der Waals surface area contributed by atoms with Crippen LogP contribution in [0.4, 0.5) is 11.4 Å². The van der Waals surface area contributed by atoms with Crippen LogP contribution in [0.1, 0.15) is 59.2 Å². The molecule has 5 aliphatic heterocycles. The van der Waals surface area contributed by atoms with E-state index in [2.05, 4.69) is 45.9 Å². The number of rotatable bonds is 14. The molecule has 0 radical (unpaired) electrons. The van der Waals surface area contributed by atoms with Crippen LogP contribution in [-0.2, 0) is 46.7 Å². The van der Waals surface area contributed by atoms with Crippen molar-refractivity contribution < 1.29 is 75.9 Å². The van der Waals surface area contributed by atoms with Crippen LogP contribution in [-0.4, -0.2) is 124 Å². The van der Waals surface area contributed by atoms with Gasteiger partial charge in [-0.05, 0) is 31.0 Å². The number of nitro benzene ring substituents is 2. The molecule has 27 nitrogen and oxygen atoms in total. The van der Waals surface area contributed by atoms with Crippen molar-refractivity contribution in [2.24, 2.45) is 0 Å². The van der Waals surface area contributed by atoms with Crippen LogP contribution < -0.4 is 31.7 Å². The summed E-state index contributed by atoms with van der Waals surface area (Å²) in [5, 5.41) is 27.0. The Hall–Kier alpha value is -7.13. The van der Waals surface area contributed by atoms with E-state index in [-0.39, 0.29) is 43.3 Å². The summed E-state index contributed by atoms with van der Waals surface area (Å²) < 4.78 is 64.0. The normalized spacial score (nSPS) is 26.8. The number of aromatic amines is 1. The fourth-order valence-electron chi connectivity index (χ4n) is 8.47. The molecule has 10 atom stereocenters. The number of aromatic nitrogens is 2. The Labute approximate surface area is 419 Å². The highest BCUT2D eigenvalue weighted by atomic mass is 31.2. The first-order valence-electron chi connectivity index (χ1n) is 22.2. The molecular formula is C45H45N7O20P2-2. The topological polar surface area (TPSA) is 365 Å². The van der Waals surface area contributed by atoms with Gasteiger partial charge < -0.3 is 67.2 Å². The van der Waals surface area contributed by atoms with Gasteiger partial charge in [0.2, 0.25) is 0 Å². The van der Waals surface area contributed by atoms with Gasteiger partial charge in [0.15, 0.2) is 19.1 Å². The summed E-state index contributed by atoms with van der Waals surface area (Å²) >= 11 is 0. The van der Waals surface area contributed by atoms with Gasteiger partial charge in [-0.1, -0.05) is 62.3 Å². The number of benzene rings is 2. The zero-order valence-corrected chi connectivity index (χ0v) is 41.3. The van der Waals surface area contributed by atoms with E-state index in [1.807, 2.05) is 6.92 Å². The second-order valence-electron chi connectivity index (χ2n) is 17.0. The summed E-state index contributed by atoms with van der Waals surface area (Å²) in [6.45, 7) is 8.97. The van der Waals surface area contributed by atoms with Gasteiger partial charge in [0.05, 0.1) is 41.2 Å². The van der Waals surface area contributed by atoms with Crippen molar-refractivity contribution in [3.8, 4) is 23.7 Å². The number of hydrogen-bond donors (Lipinski definition) is 3. The number of carbonyl (C=O) groups excluding carboxylic acids is 3. The molecule has 5 aliphatic rings. The third-order valence-electron chi connectivity index (χ3n) is 12.1. The Bertz CT molecular complexity index is 3170. The minimum Gasteiger partial charge on any atom is -0.779 e. The zero-order chi connectivity index (χ0) is 53.9. The summed E-state index contributed by atoms with van der Waals surface area (Å²) in [7, 11) is -8.25. The molecule has 4 unspecified atom stereocenters. The van der Waals surface area contributed by atoms with Crippen LogP contribution in [0.25, 0.3) is 0 Å². The van der Waals surface area contributed by atoms with E-state index in [1.54, 1.807) is 37.3 Å². The summed E-state index contributed by atoms with van der Waals surface area (Å²) in [6, 6.07) is 11.0. The second-order valence-corrected chi connectivity index (χ2v) is 20.5. The lowest BCUT2D eigenvalue weighted by atomic mass is 9.96. The molecular weight excluding hydrogens is 1020 g/mol. The maximum atomic E-state index is 12.6. The minimum absolute atomic E-state index is 0.0344. The molecule has 74 heavy (non-hydrogen) atoms. The van der Waals surface area contributed by atoms with Crippen molar-refractivity contribution in [3.05, 3.63) is 137 Å². The van der Waals surface area contributed by atoms with E-state index in [0.717, 1.165) is 36.2 Å². The number of H-pyrrole nitrogens is 1. The smallest absolute Gasteiger partial charge is 0.339 e. The van der Waals surface area contributed by atoms with E-state index >= 15 is 0 Å². The lowest BCUT2D eigenvalue weighted by molar-refractivity contribution is -0.394. The Morgan fingerprint density at radius 1 is 0.892 bits per heavy atom. The van der Waals surface area contributed by atoms with Crippen molar-refractivity contribution in [2.75, 3.05) is 39.7 Å². The standard InChI is InChI=1S/C23H25N2O8P.C22H22N5O12P/c1-4-23-14-31-18(19(23)33-34(3,28)29)21(32-23)25-13-17(20(26)24-15(25)2)11-8-12-30-22(27)16-9-6-5-7-10-16;1-3-22-11-37-16(17(22)39-40(2,35)36)20(38-22)25-10-12(18(28)24-21(25)30)5-4-8-23-19(29)14-7-6-13(26(31)32)9-15(14)27(33)34/h5-7,9-10,13,18-19,21H,2,4,12,14H2,1,3H3,(H,24,26)(H,28,29);6-7,9-10,16-17,20H,3,8,11H2,1-2H3,(H,23,29)(H,35,36)(H,24,28,30)/p-2/t18-,19?,21-,23-;16-,17?,20-,22-/m11/s1. The third kappa shape index (κ3) is 11.8. The van der Waals surface area contributed by atoms with E-state index < -0.39 is 119 Å². The van der Waals surface area contributed by atoms with Crippen molar-refractivity contribution in [1.82, 2.24) is 25.1 Å². The van der Waals surface area contributed by atoms with Crippen LogP contribution in [0.2, 0.25) is 0 Å². The molecule has 29 heteroatoms. The van der Waals surface area contributed by atoms with Crippen LogP contribution in [0.3, 0.4) is 0 Å². The van der Waals surface area contributed by atoms with E-state index in [1.165, 1.54) is 11.1 Å². The highest BCUT2D eigenvalue weighted by molar-refractivity contribution is 7.50.